The van der Waals surface area contributed by atoms with Gasteiger partial charge < -0.3 is 10.1 Å². The summed E-state index contributed by atoms with van der Waals surface area (Å²) in [5.74, 6) is -1.72. The van der Waals surface area contributed by atoms with Gasteiger partial charge in [0.25, 0.3) is 11.6 Å². The molecule has 142 valence electrons. The van der Waals surface area contributed by atoms with E-state index in [2.05, 4.69) is 5.32 Å². The summed E-state index contributed by atoms with van der Waals surface area (Å²) in [5.41, 5.74) is -1.21. The van der Waals surface area contributed by atoms with E-state index in [0.717, 1.165) is 30.3 Å². The number of non-ortho nitro benzene ring substituents is 1. The number of amides is 1. The first-order valence-corrected chi connectivity index (χ1v) is 7.51. The van der Waals surface area contributed by atoms with Crippen molar-refractivity contribution in [1.29, 1.82) is 0 Å². The second-order valence-corrected chi connectivity index (χ2v) is 5.42. The van der Waals surface area contributed by atoms with Crippen molar-refractivity contribution in [3.63, 3.8) is 0 Å². The maximum absolute atomic E-state index is 12.5. The fourth-order valence-electron chi connectivity index (χ4n) is 2.01. The van der Waals surface area contributed by atoms with E-state index >= 15 is 0 Å². The Labute approximate surface area is 150 Å². The van der Waals surface area contributed by atoms with Crippen molar-refractivity contribution in [1.82, 2.24) is 0 Å². The highest BCUT2D eigenvalue weighted by Gasteiger charge is 2.30. The number of ether oxygens (including phenoxy) is 1. The summed E-state index contributed by atoms with van der Waals surface area (Å²) in [4.78, 5) is 34.0. The number of carbonyl (C=O) groups is 2. The SMILES string of the molecule is C[C@H](OC(=O)c1cccc([N+](=O)[O-])c1)C(=O)Nc1ccc(C(F)(F)F)cc1. The maximum atomic E-state index is 12.5. The Hall–Kier alpha value is -3.43. The third kappa shape index (κ3) is 5.27. The lowest BCUT2D eigenvalue weighted by molar-refractivity contribution is -0.384. The number of alkyl halides is 3. The van der Waals surface area contributed by atoms with E-state index in [-0.39, 0.29) is 16.9 Å². The zero-order chi connectivity index (χ0) is 20.2. The Morgan fingerprint density at radius 1 is 1.15 bits per heavy atom. The molecule has 0 aliphatic heterocycles. The third-order valence-electron chi connectivity index (χ3n) is 3.43. The van der Waals surface area contributed by atoms with Crippen LogP contribution in [0, 0.1) is 10.1 Å². The number of nitrogens with one attached hydrogen (secondary N) is 1. The van der Waals surface area contributed by atoms with E-state index in [1.54, 1.807) is 0 Å². The molecule has 0 aliphatic rings. The minimum atomic E-state index is -4.50. The highest BCUT2D eigenvalue weighted by atomic mass is 19.4. The van der Waals surface area contributed by atoms with Crippen LogP contribution in [-0.2, 0) is 15.7 Å². The summed E-state index contributed by atoms with van der Waals surface area (Å²) in [5, 5.41) is 13.0. The summed E-state index contributed by atoms with van der Waals surface area (Å²) >= 11 is 0. The van der Waals surface area contributed by atoms with Crippen molar-refractivity contribution in [2.45, 2.75) is 19.2 Å². The van der Waals surface area contributed by atoms with Gasteiger partial charge in [0.1, 0.15) is 0 Å². The van der Waals surface area contributed by atoms with E-state index in [4.69, 9.17) is 4.74 Å². The highest BCUT2D eigenvalue weighted by molar-refractivity contribution is 5.97. The molecule has 1 amide bonds. The van der Waals surface area contributed by atoms with Crippen LogP contribution in [0.15, 0.2) is 48.5 Å². The molecule has 0 aliphatic carbocycles. The van der Waals surface area contributed by atoms with Crippen LogP contribution in [0.2, 0.25) is 0 Å². The molecule has 2 aromatic carbocycles. The van der Waals surface area contributed by atoms with Gasteiger partial charge in [-0.05, 0) is 37.3 Å². The average Bonchev–Trinajstić information content (AvgIpc) is 2.61. The van der Waals surface area contributed by atoms with Gasteiger partial charge in [-0.2, -0.15) is 13.2 Å². The first-order chi connectivity index (χ1) is 12.6. The molecule has 7 nitrogen and oxygen atoms in total. The number of benzene rings is 2. The summed E-state index contributed by atoms with van der Waals surface area (Å²) in [7, 11) is 0. The lowest BCUT2D eigenvalue weighted by Gasteiger charge is -2.14. The lowest BCUT2D eigenvalue weighted by atomic mass is 10.2. The van der Waals surface area contributed by atoms with Gasteiger partial charge in [0.2, 0.25) is 0 Å². The zero-order valence-electron chi connectivity index (χ0n) is 13.8. The van der Waals surface area contributed by atoms with Crippen LogP contribution in [0.3, 0.4) is 0 Å². The van der Waals surface area contributed by atoms with Crippen molar-refractivity contribution < 1.29 is 32.4 Å². The second kappa shape index (κ2) is 7.85. The van der Waals surface area contributed by atoms with Crippen LogP contribution in [0.25, 0.3) is 0 Å². The van der Waals surface area contributed by atoms with Gasteiger partial charge in [0, 0.05) is 17.8 Å². The number of esters is 1. The van der Waals surface area contributed by atoms with Crippen LogP contribution in [0.1, 0.15) is 22.8 Å². The fourth-order valence-corrected chi connectivity index (χ4v) is 2.01. The maximum Gasteiger partial charge on any atom is 0.416 e. The molecule has 0 aromatic heterocycles. The monoisotopic (exact) mass is 382 g/mol. The van der Waals surface area contributed by atoms with Crippen LogP contribution in [0.5, 0.6) is 0 Å². The van der Waals surface area contributed by atoms with Crippen molar-refractivity contribution in [3.8, 4) is 0 Å². The number of nitro benzene ring substituents is 1. The third-order valence-corrected chi connectivity index (χ3v) is 3.43. The molecule has 27 heavy (non-hydrogen) atoms. The Balaban J connectivity index is 2.00. The number of halogens is 3. The fraction of sp³-hybridized carbons (Fsp3) is 0.176. The largest absolute Gasteiger partial charge is 0.449 e. The molecule has 0 spiro atoms. The standard InChI is InChI=1S/C17H13F3N2O5/c1-10(27-16(24)11-3-2-4-14(9-11)22(25)26)15(23)21-13-7-5-12(6-8-13)17(18,19)20/h2-10H,1H3,(H,21,23)/t10-/m0/s1. The minimum Gasteiger partial charge on any atom is -0.449 e. The Bertz CT molecular complexity index is 866. The van der Waals surface area contributed by atoms with Crippen LogP contribution < -0.4 is 5.32 Å². The van der Waals surface area contributed by atoms with Gasteiger partial charge in [-0.25, -0.2) is 4.79 Å². The molecule has 0 unspecified atom stereocenters. The minimum absolute atomic E-state index is 0.0891. The smallest absolute Gasteiger partial charge is 0.416 e. The topological polar surface area (TPSA) is 98.5 Å². The van der Waals surface area contributed by atoms with Gasteiger partial charge in [0.15, 0.2) is 6.10 Å². The Kier molecular flexibility index (Phi) is 5.78. The summed E-state index contributed by atoms with van der Waals surface area (Å²) in [6, 6.07) is 8.51. The first-order valence-electron chi connectivity index (χ1n) is 7.51. The molecule has 1 N–H and O–H groups in total. The molecule has 2 rings (SSSR count). The molecule has 1 atom stereocenters. The van der Waals surface area contributed by atoms with Crippen molar-refractivity contribution in [2.24, 2.45) is 0 Å². The van der Waals surface area contributed by atoms with E-state index in [9.17, 15) is 32.9 Å². The molecule has 0 saturated carbocycles. The molecule has 0 saturated heterocycles. The number of nitrogens with zero attached hydrogens (tertiary/aromatic N) is 1. The number of hydrogen-bond donors (Lipinski definition) is 1. The van der Waals surface area contributed by atoms with E-state index in [1.165, 1.54) is 25.1 Å². The summed E-state index contributed by atoms with van der Waals surface area (Å²) < 4.78 is 42.4. The van der Waals surface area contributed by atoms with E-state index < -0.39 is 34.6 Å². The number of hydrogen-bond acceptors (Lipinski definition) is 5. The average molecular weight is 382 g/mol. The molecule has 0 fully saturated rings. The lowest BCUT2D eigenvalue weighted by Crippen LogP contribution is -2.30. The number of carbonyl (C=O) groups excluding carboxylic acids is 2. The van der Waals surface area contributed by atoms with Gasteiger partial charge in [-0.15, -0.1) is 0 Å². The van der Waals surface area contributed by atoms with Crippen LogP contribution >= 0.6 is 0 Å². The van der Waals surface area contributed by atoms with Crippen molar-refractivity contribution >= 4 is 23.3 Å². The molecular formula is C17H13F3N2O5. The molecule has 0 bridgehead atoms. The molecule has 0 radical (unpaired) electrons. The highest BCUT2D eigenvalue weighted by Crippen LogP contribution is 2.29. The predicted octanol–water partition coefficient (Wildman–Crippen LogP) is 3.80. The van der Waals surface area contributed by atoms with Gasteiger partial charge in [-0.3, -0.25) is 14.9 Å². The molecule has 10 heteroatoms. The van der Waals surface area contributed by atoms with Crippen LogP contribution in [0.4, 0.5) is 24.5 Å². The van der Waals surface area contributed by atoms with Gasteiger partial charge in [0.05, 0.1) is 16.1 Å². The second-order valence-electron chi connectivity index (χ2n) is 5.42. The summed E-state index contributed by atoms with van der Waals surface area (Å²) in [6.07, 6.45) is -5.78. The first kappa shape index (κ1) is 19.9. The molecular weight excluding hydrogens is 369 g/mol. The molecule has 2 aromatic rings. The number of anilines is 1. The van der Waals surface area contributed by atoms with Crippen molar-refractivity contribution in [2.75, 3.05) is 5.32 Å². The van der Waals surface area contributed by atoms with Gasteiger partial charge >= 0.3 is 12.1 Å². The number of rotatable bonds is 5. The number of nitro groups is 1. The van der Waals surface area contributed by atoms with Gasteiger partial charge in [-0.1, -0.05) is 6.07 Å². The Morgan fingerprint density at radius 3 is 2.33 bits per heavy atom. The zero-order valence-corrected chi connectivity index (χ0v) is 13.8. The van der Waals surface area contributed by atoms with Crippen LogP contribution in [-0.4, -0.2) is 22.9 Å². The molecule has 0 heterocycles. The Morgan fingerprint density at radius 2 is 1.78 bits per heavy atom. The predicted molar refractivity (Wildman–Crippen MR) is 88.0 cm³/mol. The van der Waals surface area contributed by atoms with E-state index in [1.807, 2.05) is 0 Å². The quantitative estimate of drug-likeness (QED) is 0.482. The van der Waals surface area contributed by atoms with Crippen molar-refractivity contribution in [3.05, 3.63) is 69.8 Å². The normalized spacial score (nSPS) is 12.1. The summed E-state index contributed by atoms with van der Waals surface area (Å²) in [6.45, 7) is 1.26. The van der Waals surface area contributed by atoms with E-state index in [0.29, 0.717) is 0 Å².